The Morgan fingerprint density at radius 3 is 2.37 bits per heavy atom. The number of aryl methyl sites for hydroxylation is 1. The predicted octanol–water partition coefficient (Wildman–Crippen LogP) is 4.90. The molecule has 13 heteroatoms. The number of halogens is 6. The molecule has 3 rings (SSSR count). The second kappa shape index (κ2) is 10.00. The molecule has 2 aromatic carbocycles. The number of ketones is 1. The topological polar surface area (TPSA) is 97.2 Å². The van der Waals surface area contributed by atoms with Gasteiger partial charge in [0.05, 0.1) is 30.0 Å². The minimum absolute atomic E-state index is 0.138. The largest absolute Gasteiger partial charge is 0.482 e. The number of hydrogen-bond donors (Lipinski definition) is 2. The first-order valence-electron chi connectivity index (χ1n) is 9.92. The van der Waals surface area contributed by atoms with Gasteiger partial charge >= 0.3 is 6.18 Å². The fraction of sp³-hybridized carbons (Fsp3) is 0.318. The Bertz CT molecular complexity index is 1180. The first-order chi connectivity index (χ1) is 16.3. The molecule has 7 nitrogen and oxygen atoms in total. The summed E-state index contributed by atoms with van der Waals surface area (Å²) in [5.74, 6) is -2.53. The number of benzene rings is 2. The maximum absolute atomic E-state index is 13.9. The van der Waals surface area contributed by atoms with Gasteiger partial charge in [0.15, 0.2) is 17.2 Å². The summed E-state index contributed by atoms with van der Waals surface area (Å²) in [6.07, 6.45) is -7.33. The minimum Gasteiger partial charge on any atom is -0.482 e. The van der Waals surface area contributed by atoms with Crippen LogP contribution in [0.5, 0.6) is 0 Å². The third-order valence-corrected chi connectivity index (χ3v) is 5.86. The van der Waals surface area contributed by atoms with Crippen LogP contribution in [-0.4, -0.2) is 42.2 Å². The van der Waals surface area contributed by atoms with Crippen LogP contribution in [0.3, 0.4) is 0 Å². The number of carbonyl (C=O) groups is 2. The van der Waals surface area contributed by atoms with Crippen molar-refractivity contribution in [1.29, 1.82) is 0 Å². The van der Waals surface area contributed by atoms with Crippen molar-refractivity contribution in [3.8, 4) is 0 Å². The quantitative estimate of drug-likeness (QED) is 0.311. The molecule has 1 aliphatic heterocycles. The molecule has 2 N–H and O–H groups in total. The number of ether oxygens (including phenoxy) is 1. The van der Waals surface area contributed by atoms with Crippen molar-refractivity contribution in [1.82, 2.24) is 5.32 Å². The third-order valence-electron chi connectivity index (χ3n) is 5.31. The van der Waals surface area contributed by atoms with E-state index in [-0.39, 0.29) is 29.0 Å². The molecule has 0 aliphatic carbocycles. The Morgan fingerprint density at radius 1 is 1.23 bits per heavy atom. The molecule has 188 valence electrons. The lowest BCUT2D eigenvalue weighted by atomic mass is 9.85. The number of hydrogen-bond acceptors (Lipinski definition) is 6. The highest BCUT2D eigenvalue weighted by Gasteiger charge is 2.56. The summed E-state index contributed by atoms with van der Waals surface area (Å²) in [5, 5.41) is 15.2. The lowest BCUT2D eigenvalue weighted by Crippen LogP contribution is -2.44. The molecule has 0 radical (unpaired) electrons. The summed E-state index contributed by atoms with van der Waals surface area (Å²) in [7, 11) is 1.39. The Kier molecular flexibility index (Phi) is 7.63. The number of nitrogens with zero attached hydrogens (tertiary/aromatic N) is 1. The monoisotopic (exact) mass is 536 g/mol. The number of alkyl halides is 3. The third kappa shape index (κ3) is 5.52. The molecule has 1 heterocycles. The Hall–Kier alpha value is -2.89. The molecule has 0 aromatic heterocycles. The maximum Gasteiger partial charge on any atom is 0.421 e. The molecule has 0 spiro atoms. The number of carbonyl (C=O) groups excluding carboxylic acids is 2. The van der Waals surface area contributed by atoms with E-state index in [0.29, 0.717) is 12.1 Å². The van der Waals surface area contributed by atoms with Gasteiger partial charge in [-0.1, -0.05) is 29.3 Å². The Labute approximate surface area is 206 Å². The second-order valence-corrected chi connectivity index (χ2v) is 8.52. The SMILES string of the molecule is COC1=NOC(NC(=O)c2ccc(C(=O)CC(O)(c3cc(Cl)c(F)c(Cl)c3)C(F)(F)F)cc2C)C1. The molecule has 2 aromatic rings. The number of amides is 1. The summed E-state index contributed by atoms with van der Waals surface area (Å²) >= 11 is 11.2. The van der Waals surface area contributed by atoms with Gasteiger partial charge in [-0.2, -0.15) is 13.2 Å². The van der Waals surface area contributed by atoms with Gasteiger partial charge in [-0.3, -0.25) is 9.59 Å². The van der Waals surface area contributed by atoms with E-state index in [1.54, 1.807) is 0 Å². The van der Waals surface area contributed by atoms with Crippen molar-refractivity contribution in [2.24, 2.45) is 5.16 Å². The average molecular weight is 537 g/mol. The number of Topliss-reactive ketones (excluding diaryl/α,β-unsaturated/α-hetero) is 1. The minimum atomic E-state index is -5.33. The second-order valence-electron chi connectivity index (χ2n) is 7.70. The molecular formula is C22H18Cl2F4N2O5. The first-order valence-corrected chi connectivity index (χ1v) is 10.7. The smallest absolute Gasteiger partial charge is 0.421 e. The van der Waals surface area contributed by atoms with Crippen molar-refractivity contribution in [3.05, 3.63) is 68.4 Å². The van der Waals surface area contributed by atoms with Gasteiger partial charge in [0, 0.05) is 11.1 Å². The fourth-order valence-electron chi connectivity index (χ4n) is 3.36. The van der Waals surface area contributed by atoms with Gasteiger partial charge < -0.3 is 20.0 Å². The number of nitrogens with one attached hydrogen (secondary N) is 1. The number of rotatable bonds is 6. The first kappa shape index (κ1) is 26.7. The van der Waals surface area contributed by atoms with Crippen molar-refractivity contribution in [3.63, 3.8) is 0 Å². The van der Waals surface area contributed by atoms with Crippen LogP contribution in [0.2, 0.25) is 10.0 Å². The van der Waals surface area contributed by atoms with Crippen LogP contribution < -0.4 is 5.32 Å². The average Bonchev–Trinajstić information content (AvgIpc) is 3.23. The van der Waals surface area contributed by atoms with E-state index in [9.17, 15) is 32.3 Å². The summed E-state index contributed by atoms with van der Waals surface area (Å²) in [6.45, 7) is 1.48. The van der Waals surface area contributed by atoms with Crippen molar-refractivity contribution >= 4 is 40.8 Å². The zero-order chi connectivity index (χ0) is 26.1. The molecule has 0 saturated heterocycles. The van der Waals surface area contributed by atoms with Crippen LogP contribution in [0.25, 0.3) is 0 Å². The normalized spacial score (nSPS) is 17.3. The molecule has 0 bridgehead atoms. The molecule has 0 fully saturated rings. The number of methoxy groups -OCH3 is 1. The standard InChI is InChI=1S/C22H18Cl2F4N2O5/c1-10-5-11(3-4-13(10)20(32)29-17-8-18(34-2)30-35-17)16(31)9-21(33,22(26,27)28)12-6-14(23)19(25)15(24)7-12/h3-7,17,33H,8-9H2,1-2H3,(H,29,32). The maximum atomic E-state index is 13.9. The van der Waals surface area contributed by atoms with E-state index in [2.05, 4.69) is 10.5 Å². The van der Waals surface area contributed by atoms with Crippen LogP contribution in [0.15, 0.2) is 35.5 Å². The van der Waals surface area contributed by atoms with Crippen molar-refractivity contribution in [2.75, 3.05) is 7.11 Å². The molecule has 1 amide bonds. The van der Waals surface area contributed by atoms with E-state index in [1.807, 2.05) is 0 Å². The summed E-state index contributed by atoms with van der Waals surface area (Å²) < 4.78 is 60.2. The van der Waals surface area contributed by atoms with Crippen LogP contribution in [0.4, 0.5) is 17.6 Å². The van der Waals surface area contributed by atoms with Crippen LogP contribution in [-0.2, 0) is 15.2 Å². The Morgan fingerprint density at radius 2 is 1.86 bits per heavy atom. The Balaban J connectivity index is 1.83. The highest BCUT2D eigenvalue weighted by atomic mass is 35.5. The van der Waals surface area contributed by atoms with E-state index in [4.69, 9.17) is 32.8 Å². The van der Waals surface area contributed by atoms with E-state index in [0.717, 1.165) is 6.07 Å². The molecule has 1 aliphatic rings. The van der Waals surface area contributed by atoms with Crippen LogP contribution in [0.1, 0.15) is 44.7 Å². The summed E-state index contributed by atoms with van der Waals surface area (Å²) in [6, 6.07) is 4.74. The van der Waals surface area contributed by atoms with E-state index < -0.39 is 57.5 Å². The van der Waals surface area contributed by atoms with Gasteiger partial charge in [-0.25, -0.2) is 4.39 Å². The molecule has 35 heavy (non-hydrogen) atoms. The van der Waals surface area contributed by atoms with Gasteiger partial charge in [-0.15, -0.1) is 0 Å². The van der Waals surface area contributed by atoms with Gasteiger partial charge in [0.1, 0.15) is 0 Å². The zero-order valence-corrected chi connectivity index (χ0v) is 19.7. The summed E-state index contributed by atoms with van der Waals surface area (Å²) in [4.78, 5) is 30.3. The van der Waals surface area contributed by atoms with E-state index >= 15 is 0 Å². The lowest BCUT2D eigenvalue weighted by Gasteiger charge is -2.31. The molecule has 2 atom stereocenters. The lowest BCUT2D eigenvalue weighted by molar-refractivity contribution is -0.264. The van der Waals surface area contributed by atoms with Crippen LogP contribution in [0, 0.1) is 12.7 Å². The molecular weight excluding hydrogens is 519 g/mol. The van der Waals surface area contributed by atoms with Gasteiger partial charge in [0.25, 0.3) is 5.91 Å². The number of aliphatic hydroxyl groups is 1. The summed E-state index contributed by atoms with van der Waals surface area (Å²) in [5.41, 5.74) is -4.37. The molecule has 0 saturated carbocycles. The predicted molar refractivity (Wildman–Crippen MR) is 118 cm³/mol. The molecule has 2 unspecified atom stereocenters. The number of oxime groups is 1. The van der Waals surface area contributed by atoms with Crippen molar-refractivity contribution < 1.29 is 41.8 Å². The highest BCUT2D eigenvalue weighted by molar-refractivity contribution is 6.35. The van der Waals surface area contributed by atoms with E-state index in [1.165, 1.54) is 26.2 Å². The van der Waals surface area contributed by atoms with Crippen molar-refractivity contribution in [2.45, 2.75) is 37.8 Å². The van der Waals surface area contributed by atoms with Gasteiger partial charge in [0.2, 0.25) is 12.1 Å². The zero-order valence-electron chi connectivity index (χ0n) is 18.2. The highest BCUT2D eigenvalue weighted by Crippen LogP contribution is 2.44. The van der Waals surface area contributed by atoms with Crippen LogP contribution >= 0.6 is 23.2 Å². The van der Waals surface area contributed by atoms with Gasteiger partial charge in [-0.05, 0) is 47.5 Å². The fourth-order valence-corrected chi connectivity index (χ4v) is 3.85.